The molecule has 15 heavy (non-hydrogen) atoms. The third kappa shape index (κ3) is 3.10. The second-order valence-electron chi connectivity index (χ2n) is 3.62. The normalized spacial score (nSPS) is 10.2. The fourth-order valence-electron chi connectivity index (χ4n) is 1.56. The first-order chi connectivity index (χ1) is 7.25. The number of hydrogen-bond acceptors (Lipinski definition) is 1. The SMILES string of the molecule is CC.CN(C)Cc1cc2ccccc2[nH]1. The Balaban J connectivity index is 0.000000531. The van der Waals surface area contributed by atoms with Gasteiger partial charge in [-0.3, -0.25) is 0 Å². The number of hydrogen-bond donors (Lipinski definition) is 1. The van der Waals surface area contributed by atoms with Crippen molar-refractivity contribution in [1.29, 1.82) is 0 Å². The van der Waals surface area contributed by atoms with Gasteiger partial charge in [0.15, 0.2) is 0 Å². The maximum Gasteiger partial charge on any atom is 0.0456 e. The lowest BCUT2D eigenvalue weighted by atomic mass is 10.2. The minimum atomic E-state index is 0.967. The highest BCUT2D eigenvalue weighted by Crippen LogP contribution is 2.14. The van der Waals surface area contributed by atoms with Crippen LogP contribution in [0.2, 0.25) is 0 Å². The van der Waals surface area contributed by atoms with Gasteiger partial charge >= 0.3 is 0 Å². The van der Waals surface area contributed by atoms with E-state index in [1.807, 2.05) is 13.8 Å². The van der Waals surface area contributed by atoms with Crippen LogP contribution in [0.1, 0.15) is 19.5 Å². The van der Waals surface area contributed by atoms with Crippen molar-refractivity contribution in [2.24, 2.45) is 0 Å². The van der Waals surface area contributed by atoms with Crippen LogP contribution < -0.4 is 0 Å². The Morgan fingerprint density at radius 2 is 1.80 bits per heavy atom. The summed E-state index contributed by atoms with van der Waals surface area (Å²) >= 11 is 0. The first-order valence-electron chi connectivity index (χ1n) is 5.47. The molecule has 0 amide bonds. The van der Waals surface area contributed by atoms with E-state index in [9.17, 15) is 0 Å². The van der Waals surface area contributed by atoms with Crippen LogP contribution in [0.15, 0.2) is 30.3 Å². The molecule has 82 valence electrons. The molecule has 1 aromatic carbocycles. The third-order valence-electron chi connectivity index (χ3n) is 2.07. The Hall–Kier alpha value is -1.28. The average molecular weight is 204 g/mol. The van der Waals surface area contributed by atoms with Gasteiger partial charge in [-0.2, -0.15) is 0 Å². The van der Waals surface area contributed by atoms with E-state index >= 15 is 0 Å². The number of aromatic nitrogens is 1. The molecule has 1 aromatic heterocycles. The average Bonchev–Trinajstić information content (AvgIpc) is 2.61. The molecule has 0 aliphatic rings. The fraction of sp³-hybridized carbons (Fsp3) is 0.385. The molecule has 0 aliphatic carbocycles. The lowest BCUT2D eigenvalue weighted by Gasteiger charge is -2.06. The number of nitrogens with zero attached hydrogens (tertiary/aromatic N) is 1. The van der Waals surface area contributed by atoms with E-state index in [0.717, 1.165) is 6.54 Å². The van der Waals surface area contributed by atoms with Crippen molar-refractivity contribution in [2.75, 3.05) is 14.1 Å². The van der Waals surface area contributed by atoms with Crippen LogP contribution in [0.4, 0.5) is 0 Å². The number of benzene rings is 1. The van der Waals surface area contributed by atoms with Gasteiger partial charge in [-0.05, 0) is 31.6 Å². The van der Waals surface area contributed by atoms with Gasteiger partial charge in [-0.25, -0.2) is 0 Å². The Morgan fingerprint density at radius 1 is 1.13 bits per heavy atom. The second-order valence-corrected chi connectivity index (χ2v) is 3.62. The third-order valence-corrected chi connectivity index (χ3v) is 2.07. The minimum absolute atomic E-state index is 0.967. The van der Waals surface area contributed by atoms with Crippen LogP contribution in [0.3, 0.4) is 0 Å². The number of aromatic amines is 1. The molecule has 0 atom stereocenters. The monoisotopic (exact) mass is 204 g/mol. The highest BCUT2D eigenvalue weighted by atomic mass is 15.1. The molecular formula is C13H20N2. The number of para-hydroxylation sites is 1. The summed E-state index contributed by atoms with van der Waals surface area (Å²) in [6.07, 6.45) is 0. The summed E-state index contributed by atoms with van der Waals surface area (Å²) in [6.45, 7) is 4.97. The van der Waals surface area contributed by atoms with Crippen LogP contribution in [-0.2, 0) is 6.54 Å². The predicted octanol–water partition coefficient (Wildman–Crippen LogP) is 3.26. The van der Waals surface area contributed by atoms with Gasteiger partial charge in [0, 0.05) is 17.8 Å². The first-order valence-corrected chi connectivity index (χ1v) is 5.47. The molecular weight excluding hydrogens is 184 g/mol. The van der Waals surface area contributed by atoms with E-state index in [1.165, 1.54) is 16.6 Å². The highest BCUT2D eigenvalue weighted by Gasteiger charge is 1.99. The Bertz CT molecular complexity index is 369. The van der Waals surface area contributed by atoms with Crippen molar-refractivity contribution in [2.45, 2.75) is 20.4 Å². The van der Waals surface area contributed by atoms with Crippen molar-refractivity contribution in [3.05, 3.63) is 36.0 Å². The van der Waals surface area contributed by atoms with E-state index < -0.39 is 0 Å². The van der Waals surface area contributed by atoms with Crippen molar-refractivity contribution in [3.8, 4) is 0 Å². The maximum atomic E-state index is 3.39. The molecule has 0 aliphatic heterocycles. The Labute approximate surface area is 91.9 Å². The molecule has 0 fully saturated rings. The molecule has 2 heteroatoms. The highest BCUT2D eigenvalue weighted by molar-refractivity contribution is 5.80. The largest absolute Gasteiger partial charge is 0.357 e. The number of H-pyrrole nitrogens is 1. The number of nitrogens with one attached hydrogen (secondary N) is 1. The molecule has 0 saturated heterocycles. The molecule has 1 heterocycles. The van der Waals surface area contributed by atoms with Crippen molar-refractivity contribution < 1.29 is 0 Å². The lowest BCUT2D eigenvalue weighted by Crippen LogP contribution is -2.10. The van der Waals surface area contributed by atoms with Gasteiger partial charge in [0.2, 0.25) is 0 Å². The van der Waals surface area contributed by atoms with E-state index in [4.69, 9.17) is 0 Å². The zero-order valence-corrected chi connectivity index (χ0v) is 10.0. The summed E-state index contributed by atoms with van der Waals surface area (Å²) < 4.78 is 0. The Kier molecular flexibility index (Phi) is 4.37. The molecule has 0 unspecified atom stereocenters. The van der Waals surface area contributed by atoms with Gasteiger partial charge in [0.05, 0.1) is 0 Å². The summed E-state index contributed by atoms with van der Waals surface area (Å²) in [4.78, 5) is 5.54. The molecule has 0 radical (unpaired) electrons. The molecule has 0 bridgehead atoms. The van der Waals surface area contributed by atoms with Crippen LogP contribution in [0.25, 0.3) is 10.9 Å². The van der Waals surface area contributed by atoms with E-state index in [-0.39, 0.29) is 0 Å². The zero-order valence-electron chi connectivity index (χ0n) is 10.0. The zero-order chi connectivity index (χ0) is 11.3. The van der Waals surface area contributed by atoms with Crippen molar-refractivity contribution >= 4 is 10.9 Å². The molecule has 0 spiro atoms. The van der Waals surface area contributed by atoms with Crippen molar-refractivity contribution in [1.82, 2.24) is 9.88 Å². The van der Waals surface area contributed by atoms with Gasteiger partial charge in [0.25, 0.3) is 0 Å². The van der Waals surface area contributed by atoms with E-state index in [1.54, 1.807) is 0 Å². The van der Waals surface area contributed by atoms with E-state index in [2.05, 4.69) is 54.3 Å². The van der Waals surface area contributed by atoms with Gasteiger partial charge in [-0.1, -0.05) is 32.0 Å². The predicted molar refractivity (Wildman–Crippen MR) is 67.0 cm³/mol. The molecule has 1 N–H and O–H groups in total. The summed E-state index contributed by atoms with van der Waals surface area (Å²) in [6, 6.07) is 10.6. The summed E-state index contributed by atoms with van der Waals surface area (Å²) in [7, 11) is 4.15. The smallest absolute Gasteiger partial charge is 0.0456 e. The fourth-order valence-corrected chi connectivity index (χ4v) is 1.56. The number of rotatable bonds is 2. The van der Waals surface area contributed by atoms with Gasteiger partial charge in [-0.15, -0.1) is 0 Å². The second kappa shape index (κ2) is 5.56. The molecule has 2 nitrogen and oxygen atoms in total. The van der Waals surface area contributed by atoms with Crippen LogP contribution in [-0.4, -0.2) is 24.0 Å². The van der Waals surface area contributed by atoms with Crippen LogP contribution >= 0.6 is 0 Å². The summed E-state index contributed by atoms with van der Waals surface area (Å²) in [5.74, 6) is 0. The molecule has 0 saturated carbocycles. The maximum absolute atomic E-state index is 3.39. The van der Waals surface area contributed by atoms with Gasteiger partial charge < -0.3 is 9.88 Å². The Morgan fingerprint density at radius 3 is 2.40 bits per heavy atom. The molecule has 2 rings (SSSR count). The summed E-state index contributed by atoms with van der Waals surface area (Å²) in [5, 5.41) is 1.29. The first kappa shape index (κ1) is 11.8. The minimum Gasteiger partial charge on any atom is -0.357 e. The lowest BCUT2D eigenvalue weighted by molar-refractivity contribution is 0.398. The number of fused-ring (bicyclic) bond motifs is 1. The standard InChI is InChI=1S/C11H14N2.C2H6/c1-13(2)8-10-7-9-5-3-4-6-11(9)12-10;1-2/h3-7,12H,8H2,1-2H3;1-2H3. The summed E-state index contributed by atoms with van der Waals surface area (Å²) in [5.41, 5.74) is 2.49. The van der Waals surface area contributed by atoms with E-state index in [0.29, 0.717) is 0 Å². The molecule has 2 aromatic rings. The van der Waals surface area contributed by atoms with Gasteiger partial charge in [0.1, 0.15) is 0 Å². The quantitative estimate of drug-likeness (QED) is 0.795. The van der Waals surface area contributed by atoms with Crippen LogP contribution in [0.5, 0.6) is 0 Å². The van der Waals surface area contributed by atoms with Crippen molar-refractivity contribution in [3.63, 3.8) is 0 Å². The topological polar surface area (TPSA) is 19.0 Å². The van der Waals surface area contributed by atoms with Crippen LogP contribution in [0, 0.1) is 0 Å².